The van der Waals surface area contributed by atoms with Crippen LogP contribution in [0.25, 0.3) is 0 Å². The molecule has 0 spiro atoms. The minimum atomic E-state index is -0.0869. The maximum absolute atomic E-state index is 12.3. The first kappa shape index (κ1) is 13.1. The van der Waals surface area contributed by atoms with Crippen molar-refractivity contribution in [2.24, 2.45) is 0 Å². The van der Waals surface area contributed by atoms with Crippen LogP contribution in [0.5, 0.6) is 0 Å². The van der Waals surface area contributed by atoms with E-state index in [0.29, 0.717) is 10.7 Å². The minimum Gasteiger partial charge on any atom is -0.384 e. The van der Waals surface area contributed by atoms with Gasteiger partial charge in [0.15, 0.2) is 5.13 Å². The molecule has 0 unspecified atom stereocenters. The van der Waals surface area contributed by atoms with Gasteiger partial charge in [0.1, 0.15) is 0 Å². The number of hydrogen-bond acceptors (Lipinski definition) is 4. The first-order valence-corrected chi connectivity index (χ1v) is 7.63. The number of thiazole rings is 1. The predicted octanol–water partition coefficient (Wildman–Crippen LogP) is 3.23. The second kappa shape index (κ2) is 5.25. The molecule has 5 heteroatoms. The number of carbonyl (C=O) groups excluding carboxylic acids is 1. The lowest BCUT2D eigenvalue weighted by Crippen LogP contribution is -2.12. The Kier molecular flexibility index (Phi) is 3.44. The number of rotatable bonds is 3. The van der Waals surface area contributed by atoms with Gasteiger partial charge in [0, 0.05) is 22.7 Å². The number of carbonyl (C=O) groups is 1. The molecule has 0 saturated heterocycles. The predicted molar refractivity (Wildman–Crippen MR) is 82.8 cm³/mol. The van der Waals surface area contributed by atoms with E-state index >= 15 is 0 Å². The van der Waals surface area contributed by atoms with Gasteiger partial charge in [0.2, 0.25) is 0 Å². The van der Waals surface area contributed by atoms with E-state index in [2.05, 4.69) is 22.5 Å². The second-order valence-electron chi connectivity index (χ2n) is 4.88. The standard InChI is InChI=1S/C15H17N3OS/c1-3-12-9(2)20-15(17-12)18-14(19)11-4-5-13-10(8-11)6-7-16-13/h4-5,8,16H,3,6-7H2,1-2H3,(H,17,18,19). The molecular formula is C15H17N3OS. The normalized spacial score (nSPS) is 12.9. The molecule has 2 aromatic rings. The molecule has 3 rings (SSSR count). The van der Waals surface area contributed by atoms with Crippen LogP contribution in [0.4, 0.5) is 10.8 Å². The fraction of sp³-hybridized carbons (Fsp3) is 0.333. The Labute approximate surface area is 122 Å². The Balaban J connectivity index is 1.78. The van der Waals surface area contributed by atoms with Gasteiger partial charge in [-0.25, -0.2) is 4.98 Å². The minimum absolute atomic E-state index is 0.0869. The van der Waals surface area contributed by atoms with E-state index < -0.39 is 0 Å². The van der Waals surface area contributed by atoms with Gasteiger partial charge in [-0.05, 0) is 43.5 Å². The number of fused-ring (bicyclic) bond motifs is 1. The molecule has 2 heterocycles. The zero-order valence-electron chi connectivity index (χ0n) is 11.6. The van der Waals surface area contributed by atoms with Crippen LogP contribution >= 0.6 is 11.3 Å². The maximum atomic E-state index is 12.3. The Morgan fingerprint density at radius 2 is 2.35 bits per heavy atom. The summed E-state index contributed by atoms with van der Waals surface area (Å²) < 4.78 is 0. The number of hydrogen-bond donors (Lipinski definition) is 2. The fourth-order valence-electron chi connectivity index (χ4n) is 2.42. The number of aromatic nitrogens is 1. The summed E-state index contributed by atoms with van der Waals surface area (Å²) >= 11 is 1.53. The van der Waals surface area contributed by atoms with E-state index in [9.17, 15) is 4.79 Å². The van der Waals surface area contributed by atoms with Crippen LogP contribution < -0.4 is 10.6 Å². The lowest BCUT2D eigenvalue weighted by atomic mass is 10.1. The first-order valence-electron chi connectivity index (χ1n) is 6.82. The smallest absolute Gasteiger partial charge is 0.257 e. The Morgan fingerprint density at radius 3 is 3.10 bits per heavy atom. The van der Waals surface area contributed by atoms with Gasteiger partial charge in [-0.2, -0.15) is 0 Å². The van der Waals surface area contributed by atoms with E-state index in [1.807, 2.05) is 25.1 Å². The molecule has 0 bridgehead atoms. The molecule has 2 N–H and O–H groups in total. The van der Waals surface area contributed by atoms with Crippen molar-refractivity contribution >= 4 is 28.1 Å². The topological polar surface area (TPSA) is 54.0 Å². The third-order valence-corrected chi connectivity index (χ3v) is 4.45. The molecule has 1 aromatic carbocycles. The maximum Gasteiger partial charge on any atom is 0.257 e. The Hall–Kier alpha value is -1.88. The molecule has 0 fully saturated rings. The third kappa shape index (κ3) is 2.41. The van der Waals surface area contributed by atoms with Crippen molar-refractivity contribution in [3.63, 3.8) is 0 Å². The summed E-state index contributed by atoms with van der Waals surface area (Å²) in [5.41, 5.74) is 4.10. The molecule has 0 aliphatic carbocycles. The zero-order valence-corrected chi connectivity index (χ0v) is 12.4. The van der Waals surface area contributed by atoms with Gasteiger partial charge in [-0.15, -0.1) is 11.3 Å². The molecule has 1 amide bonds. The summed E-state index contributed by atoms with van der Waals surface area (Å²) in [6.45, 7) is 5.06. The van der Waals surface area contributed by atoms with Crippen molar-refractivity contribution in [2.75, 3.05) is 17.2 Å². The van der Waals surface area contributed by atoms with Gasteiger partial charge in [0.05, 0.1) is 5.69 Å². The van der Waals surface area contributed by atoms with Crippen LogP contribution in [-0.2, 0) is 12.8 Å². The summed E-state index contributed by atoms with van der Waals surface area (Å²) in [6.07, 6.45) is 1.87. The van der Waals surface area contributed by atoms with Crippen molar-refractivity contribution < 1.29 is 4.79 Å². The molecule has 0 saturated carbocycles. The fourth-order valence-corrected chi connectivity index (χ4v) is 3.32. The van der Waals surface area contributed by atoms with Crippen molar-refractivity contribution in [1.82, 2.24) is 4.98 Å². The summed E-state index contributed by atoms with van der Waals surface area (Å²) in [7, 11) is 0. The van der Waals surface area contributed by atoms with Crippen LogP contribution in [0.2, 0.25) is 0 Å². The lowest BCUT2D eigenvalue weighted by molar-refractivity contribution is 0.102. The Bertz CT molecular complexity index is 663. The third-order valence-electron chi connectivity index (χ3n) is 3.53. The highest BCUT2D eigenvalue weighted by Crippen LogP contribution is 2.25. The molecule has 0 atom stereocenters. The van der Waals surface area contributed by atoms with Crippen LogP contribution in [0.3, 0.4) is 0 Å². The van der Waals surface area contributed by atoms with Gasteiger partial charge in [-0.3, -0.25) is 10.1 Å². The molecule has 20 heavy (non-hydrogen) atoms. The van der Waals surface area contributed by atoms with Crippen LogP contribution in [0.15, 0.2) is 18.2 Å². The monoisotopic (exact) mass is 287 g/mol. The number of amides is 1. The largest absolute Gasteiger partial charge is 0.384 e. The average Bonchev–Trinajstić information content (AvgIpc) is 3.03. The SMILES string of the molecule is CCc1nc(NC(=O)c2ccc3c(c2)CCN3)sc1C. The molecular weight excluding hydrogens is 270 g/mol. The van der Waals surface area contributed by atoms with Crippen LogP contribution in [0, 0.1) is 6.92 Å². The summed E-state index contributed by atoms with van der Waals surface area (Å²) in [4.78, 5) is 17.9. The quantitative estimate of drug-likeness (QED) is 0.911. The van der Waals surface area contributed by atoms with E-state index in [1.54, 1.807) is 0 Å². The highest BCUT2D eigenvalue weighted by molar-refractivity contribution is 7.15. The van der Waals surface area contributed by atoms with E-state index in [1.165, 1.54) is 21.8 Å². The number of anilines is 2. The van der Waals surface area contributed by atoms with Gasteiger partial charge in [-0.1, -0.05) is 6.92 Å². The highest BCUT2D eigenvalue weighted by Gasteiger charge is 2.15. The molecule has 4 nitrogen and oxygen atoms in total. The van der Waals surface area contributed by atoms with E-state index in [0.717, 1.165) is 30.8 Å². The summed E-state index contributed by atoms with van der Waals surface area (Å²) in [5, 5.41) is 6.87. The van der Waals surface area contributed by atoms with Crippen molar-refractivity contribution in [3.8, 4) is 0 Å². The molecule has 1 aromatic heterocycles. The molecule has 104 valence electrons. The summed E-state index contributed by atoms with van der Waals surface area (Å²) in [5.74, 6) is -0.0869. The van der Waals surface area contributed by atoms with Crippen molar-refractivity contribution in [3.05, 3.63) is 39.9 Å². The average molecular weight is 287 g/mol. The number of nitrogens with zero attached hydrogens (tertiary/aromatic N) is 1. The van der Waals surface area contributed by atoms with Gasteiger partial charge in [0.25, 0.3) is 5.91 Å². The van der Waals surface area contributed by atoms with Crippen molar-refractivity contribution in [1.29, 1.82) is 0 Å². The van der Waals surface area contributed by atoms with E-state index in [4.69, 9.17) is 0 Å². The molecule has 1 aliphatic rings. The second-order valence-corrected chi connectivity index (χ2v) is 6.08. The van der Waals surface area contributed by atoms with Crippen LogP contribution in [0.1, 0.15) is 33.4 Å². The first-order chi connectivity index (χ1) is 9.67. The highest BCUT2D eigenvalue weighted by atomic mass is 32.1. The zero-order chi connectivity index (χ0) is 14.1. The van der Waals surface area contributed by atoms with Gasteiger partial charge >= 0.3 is 0 Å². The Morgan fingerprint density at radius 1 is 1.50 bits per heavy atom. The molecule has 0 radical (unpaired) electrons. The summed E-state index contributed by atoms with van der Waals surface area (Å²) in [6, 6.07) is 5.79. The van der Waals surface area contributed by atoms with Gasteiger partial charge < -0.3 is 5.32 Å². The lowest BCUT2D eigenvalue weighted by Gasteiger charge is -2.04. The van der Waals surface area contributed by atoms with Crippen molar-refractivity contribution in [2.45, 2.75) is 26.7 Å². The van der Waals surface area contributed by atoms with Crippen LogP contribution in [-0.4, -0.2) is 17.4 Å². The number of benzene rings is 1. The molecule has 1 aliphatic heterocycles. The number of nitrogens with one attached hydrogen (secondary N) is 2. The van der Waals surface area contributed by atoms with E-state index in [-0.39, 0.29) is 5.91 Å². The number of aryl methyl sites for hydroxylation is 2.